The van der Waals surface area contributed by atoms with Crippen molar-refractivity contribution in [1.29, 1.82) is 0 Å². The fraction of sp³-hybridized carbons (Fsp3) is 0.600. The highest BCUT2D eigenvalue weighted by Crippen LogP contribution is 2.24. The largest absolute Gasteiger partial charge is 0.395 e. The van der Waals surface area contributed by atoms with E-state index in [0.29, 0.717) is 5.92 Å². The molecule has 0 spiro atoms. The summed E-state index contributed by atoms with van der Waals surface area (Å²) in [5, 5.41) is 23.7. The van der Waals surface area contributed by atoms with Crippen molar-refractivity contribution >= 4 is 5.69 Å². The van der Waals surface area contributed by atoms with E-state index in [2.05, 4.69) is 12.2 Å². The van der Waals surface area contributed by atoms with Crippen LogP contribution >= 0.6 is 0 Å². The van der Waals surface area contributed by atoms with Crippen molar-refractivity contribution in [2.75, 3.05) is 6.61 Å². The van der Waals surface area contributed by atoms with Crippen molar-refractivity contribution in [3.05, 3.63) is 39.9 Å². The van der Waals surface area contributed by atoms with Gasteiger partial charge in [-0.3, -0.25) is 10.1 Å². The molecule has 0 radical (unpaired) electrons. The number of nitro benzene ring substituents is 1. The van der Waals surface area contributed by atoms with E-state index in [9.17, 15) is 15.2 Å². The Labute approximate surface area is 120 Å². The van der Waals surface area contributed by atoms with Crippen molar-refractivity contribution in [3.63, 3.8) is 0 Å². The number of hydrogen-bond acceptors (Lipinski definition) is 4. The van der Waals surface area contributed by atoms with Crippen LogP contribution < -0.4 is 5.32 Å². The molecule has 20 heavy (non-hydrogen) atoms. The highest BCUT2D eigenvalue weighted by molar-refractivity contribution is 5.35. The van der Waals surface area contributed by atoms with Gasteiger partial charge < -0.3 is 10.4 Å². The summed E-state index contributed by atoms with van der Waals surface area (Å²) in [6, 6.07) is 6.74. The number of aliphatic hydroxyl groups is 1. The van der Waals surface area contributed by atoms with Crippen LogP contribution in [0.15, 0.2) is 24.3 Å². The van der Waals surface area contributed by atoms with Crippen molar-refractivity contribution in [1.82, 2.24) is 5.32 Å². The normalized spacial score (nSPS) is 14.2. The van der Waals surface area contributed by atoms with Gasteiger partial charge in [0.15, 0.2) is 0 Å². The number of hydrogen-bond donors (Lipinski definition) is 2. The van der Waals surface area contributed by atoms with Crippen molar-refractivity contribution in [2.45, 2.75) is 45.7 Å². The van der Waals surface area contributed by atoms with Gasteiger partial charge >= 0.3 is 0 Å². The first-order valence-electron chi connectivity index (χ1n) is 7.10. The molecule has 0 aliphatic carbocycles. The van der Waals surface area contributed by atoms with Gasteiger partial charge in [0.1, 0.15) is 0 Å². The standard InChI is InChI=1S/C15H24N2O3/c1-4-6-14(16-15(10-18)11(2)3)12-7-5-8-13(9-12)17(19)20/h5,7-9,11,14-16,18H,4,6,10H2,1-3H3/t14?,15-/m1/s1. The van der Waals surface area contributed by atoms with E-state index in [-0.39, 0.29) is 29.3 Å². The third-order valence-corrected chi connectivity index (χ3v) is 3.48. The number of nitrogens with zero attached hydrogens (tertiary/aromatic N) is 1. The molecule has 1 aromatic carbocycles. The van der Waals surface area contributed by atoms with Crippen LogP contribution in [0.2, 0.25) is 0 Å². The van der Waals surface area contributed by atoms with Crippen LogP contribution in [0.5, 0.6) is 0 Å². The van der Waals surface area contributed by atoms with Gasteiger partial charge in [-0.15, -0.1) is 0 Å². The number of nitro groups is 1. The third kappa shape index (κ3) is 4.58. The number of benzene rings is 1. The maximum atomic E-state index is 10.9. The quantitative estimate of drug-likeness (QED) is 0.567. The molecule has 0 aromatic heterocycles. The van der Waals surface area contributed by atoms with E-state index < -0.39 is 0 Å². The SMILES string of the molecule is CCCC(N[C@H](CO)C(C)C)c1cccc([N+](=O)[O-])c1. The lowest BCUT2D eigenvalue weighted by atomic mass is 9.97. The Morgan fingerprint density at radius 3 is 2.60 bits per heavy atom. The zero-order valence-corrected chi connectivity index (χ0v) is 12.4. The van der Waals surface area contributed by atoms with E-state index in [4.69, 9.17) is 0 Å². The van der Waals surface area contributed by atoms with Crippen LogP contribution in [0.3, 0.4) is 0 Å². The maximum absolute atomic E-state index is 10.9. The molecule has 0 saturated heterocycles. The first-order valence-corrected chi connectivity index (χ1v) is 7.10. The Morgan fingerprint density at radius 1 is 1.40 bits per heavy atom. The van der Waals surface area contributed by atoms with Crippen molar-refractivity contribution in [3.8, 4) is 0 Å². The fourth-order valence-corrected chi connectivity index (χ4v) is 2.20. The minimum atomic E-state index is -0.377. The Hall–Kier alpha value is -1.46. The molecule has 2 atom stereocenters. The summed E-state index contributed by atoms with van der Waals surface area (Å²) in [5.41, 5.74) is 1.01. The van der Waals surface area contributed by atoms with E-state index in [1.165, 1.54) is 6.07 Å². The van der Waals surface area contributed by atoms with Crippen molar-refractivity contribution in [2.24, 2.45) is 5.92 Å². The molecule has 0 bridgehead atoms. The van der Waals surface area contributed by atoms with Crippen molar-refractivity contribution < 1.29 is 10.0 Å². The second-order valence-corrected chi connectivity index (χ2v) is 5.39. The van der Waals surface area contributed by atoms with E-state index in [1.54, 1.807) is 12.1 Å². The second kappa shape index (κ2) is 7.97. The minimum Gasteiger partial charge on any atom is -0.395 e. The van der Waals surface area contributed by atoms with Crippen LogP contribution in [0.4, 0.5) is 5.69 Å². The van der Waals surface area contributed by atoms with Gasteiger partial charge in [-0.1, -0.05) is 39.3 Å². The summed E-state index contributed by atoms with van der Waals surface area (Å²) in [6.45, 7) is 6.23. The van der Waals surface area contributed by atoms with Gasteiger partial charge in [0, 0.05) is 24.2 Å². The van der Waals surface area contributed by atoms with E-state index in [1.807, 2.05) is 19.9 Å². The third-order valence-electron chi connectivity index (χ3n) is 3.48. The summed E-state index contributed by atoms with van der Waals surface area (Å²) < 4.78 is 0. The molecule has 0 heterocycles. The van der Waals surface area contributed by atoms with Crippen LogP contribution in [-0.4, -0.2) is 22.7 Å². The first-order chi connectivity index (χ1) is 9.49. The van der Waals surface area contributed by atoms with Gasteiger partial charge in [-0.05, 0) is 17.9 Å². The molecule has 0 fully saturated rings. The molecule has 5 heteroatoms. The monoisotopic (exact) mass is 280 g/mol. The molecule has 0 saturated carbocycles. The molecule has 2 N–H and O–H groups in total. The van der Waals surface area contributed by atoms with Crippen LogP contribution in [0.1, 0.15) is 45.2 Å². The highest BCUT2D eigenvalue weighted by atomic mass is 16.6. The summed E-state index contributed by atoms with van der Waals surface area (Å²) in [7, 11) is 0. The molecular formula is C15H24N2O3. The molecular weight excluding hydrogens is 256 g/mol. The second-order valence-electron chi connectivity index (χ2n) is 5.39. The summed E-state index contributed by atoms with van der Waals surface area (Å²) in [4.78, 5) is 10.5. The average Bonchev–Trinajstić information content (AvgIpc) is 2.43. The molecule has 1 unspecified atom stereocenters. The lowest BCUT2D eigenvalue weighted by molar-refractivity contribution is -0.384. The fourth-order valence-electron chi connectivity index (χ4n) is 2.20. The van der Waals surface area contributed by atoms with Gasteiger partial charge in [-0.25, -0.2) is 0 Å². The van der Waals surface area contributed by atoms with Gasteiger partial charge in [0.2, 0.25) is 0 Å². The van der Waals surface area contributed by atoms with Crippen LogP contribution in [0.25, 0.3) is 0 Å². The topological polar surface area (TPSA) is 75.4 Å². The minimum absolute atomic E-state index is 0.00851. The molecule has 0 amide bonds. The summed E-state index contributed by atoms with van der Waals surface area (Å²) in [6.07, 6.45) is 1.85. The Morgan fingerprint density at radius 2 is 2.10 bits per heavy atom. The molecule has 1 rings (SSSR count). The molecule has 0 aliphatic heterocycles. The number of non-ortho nitro benzene ring substituents is 1. The average molecular weight is 280 g/mol. The Kier molecular flexibility index (Phi) is 6.61. The lowest BCUT2D eigenvalue weighted by Gasteiger charge is -2.27. The zero-order chi connectivity index (χ0) is 15.1. The number of rotatable bonds is 8. The number of aliphatic hydroxyl groups excluding tert-OH is 1. The predicted octanol–water partition coefficient (Wildman–Crippen LogP) is 3.04. The predicted molar refractivity (Wildman–Crippen MR) is 79.6 cm³/mol. The zero-order valence-electron chi connectivity index (χ0n) is 12.4. The molecule has 0 aliphatic rings. The van der Waals surface area contributed by atoms with E-state index >= 15 is 0 Å². The lowest BCUT2D eigenvalue weighted by Crippen LogP contribution is -2.39. The van der Waals surface area contributed by atoms with Crippen LogP contribution in [-0.2, 0) is 0 Å². The Bertz CT molecular complexity index is 435. The Balaban J connectivity index is 2.95. The maximum Gasteiger partial charge on any atom is 0.269 e. The van der Waals surface area contributed by atoms with E-state index in [0.717, 1.165) is 18.4 Å². The summed E-state index contributed by atoms with van der Waals surface area (Å²) >= 11 is 0. The van der Waals surface area contributed by atoms with Gasteiger partial charge in [0.25, 0.3) is 5.69 Å². The first kappa shape index (κ1) is 16.6. The number of nitrogens with one attached hydrogen (secondary N) is 1. The smallest absolute Gasteiger partial charge is 0.269 e. The summed E-state index contributed by atoms with van der Waals surface area (Å²) in [5.74, 6) is 0.304. The van der Waals surface area contributed by atoms with Gasteiger partial charge in [0.05, 0.1) is 11.5 Å². The highest BCUT2D eigenvalue weighted by Gasteiger charge is 2.20. The molecule has 112 valence electrons. The molecule has 1 aromatic rings. The molecule has 5 nitrogen and oxygen atoms in total. The van der Waals surface area contributed by atoms with Gasteiger partial charge in [-0.2, -0.15) is 0 Å². The van der Waals surface area contributed by atoms with Crippen LogP contribution in [0, 0.1) is 16.0 Å².